The fourth-order valence-electron chi connectivity index (χ4n) is 2.66. The fraction of sp³-hybridized carbons (Fsp3) is 0.375. The van der Waals surface area contributed by atoms with Gasteiger partial charge in [-0.1, -0.05) is 6.92 Å². The Kier molecular flexibility index (Phi) is 3.90. The number of rotatable bonds is 6. The van der Waals surface area contributed by atoms with E-state index >= 15 is 0 Å². The molecule has 0 aromatic carbocycles. The zero-order chi connectivity index (χ0) is 14.7. The second-order valence-electron chi connectivity index (χ2n) is 5.10. The maximum atomic E-state index is 10.6. The normalized spacial score (nSPS) is 11.3. The minimum atomic E-state index is 0.571. The van der Waals surface area contributed by atoms with E-state index in [9.17, 15) is 4.79 Å². The van der Waals surface area contributed by atoms with Crippen molar-refractivity contribution in [1.29, 1.82) is 0 Å². The molecule has 0 saturated carbocycles. The van der Waals surface area contributed by atoms with Crippen LogP contribution >= 0.6 is 0 Å². The molecule has 21 heavy (non-hydrogen) atoms. The number of aryl methyl sites for hydroxylation is 2. The summed E-state index contributed by atoms with van der Waals surface area (Å²) in [6.07, 6.45) is 7.92. The van der Waals surface area contributed by atoms with Crippen LogP contribution in [-0.2, 0) is 17.8 Å². The Morgan fingerprint density at radius 2 is 2.19 bits per heavy atom. The van der Waals surface area contributed by atoms with Crippen LogP contribution in [0.15, 0.2) is 24.5 Å². The highest BCUT2D eigenvalue weighted by molar-refractivity contribution is 5.99. The number of nitrogens with zero attached hydrogens (tertiary/aromatic N) is 4. The monoisotopic (exact) mass is 282 g/mol. The quantitative estimate of drug-likeness (QED) is 0.515. The predicted octanol–water partition coefficient (Wildman–Crippen LogP) is 2.91. The van der Waals surface area contributed by atoms with E-state index in [4.69, 9.17) is 4.98 Å². The zero-order valence-corrected chi connectivity index (χ0v) is 12.1. The van der Waals surface area contributed by atoms with Crippen LogP contribution in [-0.4, -0.2) is 25.8 Å². The number of carbonyl (C=O) groups excluding carboxylic acids is 1. The van der Waals surface area contributed by atoms with E-state index < -0.39 is 0 Å². The molecule has 0 saturated heterocycles. The van der Waals surface area contributed by atoms with E-state index in [1.165, 1.54) is 0 Å². The number of fused-ring (bicyclic) bond motifs is 3. The van der Waals surface area contributed by atoms with Gasteiger partial charge in [-0.05, 0) is 25.0 Å². The summed E-state index contributed by atoms with van der Waals surface area (Å²) < 4.78 is 2.21. The van der Waals surface area contributed by atoms with E-state index in [2.05, 4.69) is 21.5 Å². The summed E-state index contributed by atoms with van der Waals surface area (Å²) in [4.78, 5) is 24.2. The molecular formula is C16H18N4O. The Labute approximate surface area is 123 Å². The minimum absolute atomic E-state index is 0.571. The summed E-state index contributed by atoms with van der Waals surface area (Å²) in [5, 5.41) is 0. The maximum Gasteiger partial charge on any atom is 0.120 e. The molecule has 108 valence electrons. The van der Waals surface area contributed by atoms with Gasteiger partial charge >= 0.3 is 0 Å². The predicted molar refractivity (Wildman–Crippen MR) is 82.1 cm³/mol. The second-order valence-corrected chi connectivity index (χ2v) is 5.10. The molecular weight excluding hydrogens is 264 g/mol. The highest BCUT2D eigenvalue weighted by Gasteiger charge is 2.14. The third-order valence-corrected chi connectivity index (χ3v) is 3.59. The molecule has 5 heteroatoms. The molecule has 3 heterocycles. The molecule has 0 fully saturated rings. The lowest BCUT2D eigenvalue weighted by atomic mass is 10.2. The zero-order valence-electron chi connectivity index (χ0n) is 12.1. The van der Waals surface area contributed by atoms with Gasteiger partial charge in [-0.15, -0.1) is 0 Å². The maximum absolute atomic E-state index is 10.6. The first-order chi connectivity index (χ1) is 10.3. The smallest absolute Gasteiger partial charge is 0.120 e. The number of carbonyl (C=O) groups is 1. The van der Waals surface area contributed by atoms with Crippen LogP contribution in [0, 0.1) is 0 Å². The molecule has 0 unspecified atom stereocenters. The Morgan fingerprint density at radius 1 is 1.29 bits per heavy atom. The molecule has 0 radical (unpaired) electrons. The SMILES string of the molecule is CCCc1nc2cnc3cccnc3c2n1CCCC=O. The summed E-state index contributed by atoms with van der Waals surface area (Å²) in [5.41, 5.74) is 3.69. The van der Waals surface area contributed by atoms with Crippen LogP contribution in [0.25, 0.3) is 22.1 Å². The number of aromatic nitrogens is 4. The van der Waals surface area contributed by atoms with Gasteiger partial charge in [-0.25, -0.2) is 4.98 Å². The third-order valence-electron chi connectivity index (χ3n) is 3.59. The van der Waals surface area contributed by atoms with E-state index in [0.717, 1.165) is 60.0 Å². The molecule has 3 rings (SSSR count). The first kappa shape index (κ1) is 13.7. The van der Waals surface area contributed by atoms with Gasteiger partial charge in [0.2, 0.25) is 0 Å². The minimum Gasteiger partial charge on any atom is -0.326 e. The molecule has 0 N–H and O–H groups in total. The Balaban J connectivity index is 2.19. The molecule has 0 aliphatic carbocycles. The van der Waals surface area contributed by atoms with Crippen molar-refractivity contribution in [3.8, 4) is 0 Å². The van der Waals surface area contributed by atoms with Gasteiger partial charge in [-0.3, -0.25) is 9.97 Å². The lowest BCUT2D eigenvalue weighted by molar-refractivity contribution is -0.107. The Hall–Kier alpha value is -2.30. The molecule has 3 aromatic rings. The second kappa shape index (κ2) is 5.99. The summed E-state index contributed by atoms with van der Waals surface area (Å²) in [7, 11) is 0. The van der Waals surface area contributed by atoms with Crippen molar-refractivity contribution >= 4 is 28.4 Å². The molecule has 0 atom stereocenters. The van der Waals surface area contributed by atoms with Crippen molar-refractivity contribution < 1.29 is 4.79 Å². The van der Waals surface area contributed by atoms with E-state index in [1.807, 2.05) is 18.3 Å². The Bertz CT molecular complexity index is 778. The van der Waals surface area contributed by atoms with Crippen LogP contribution in [0.1, 0.15) is 32.0 Å². The van der Waals surface area contributed by atoms with Crippen molar-refractivity contribution in [3.05, 3.63) is 30.4 Å². The van der Waals surface area contributed by atoms with Gasteiger partial charge < -0.3 is 9.36 Å². The highest BCUT2D eigenvalue weighted by Crippen LogP contribution is 2.24. The molecule has 0 amide bonds. The van der Waals surface area contributed by atoms with Gasteiger partial charge in [0, 0.05) is 25.6 Å². The number of unbranched alkanes of at least 4 members (excludes halogenated alkanes) is 1. The largest absolute Gasteiger partial charge is 0.326 e. The van der Waals surface area contributed by atoms with Crippen LogP contribution in [0.5, 0.6) is 0 Å². The van der Waals surface area contributed by atoms with Gasteiger partial charge in [0.25, 0.3) is 0 Å². The van der Waals surface area contributed by atoms with Crippen molar-refractivity contribution in [2.45, 2.75) is 39.2 Å². The molecule has 0 aliphatic heterocycles. The molecule has 0 spiro atoms. The first-order valence-electron chi connectivity index (χ1n) is 7.37. The van der Waals surface area contributed by atoms with E-state index in [1.54, 1.807) is 6.20 Å². The van der Waals surface area contributed by atoms with Crippen molar-refractivity contribution in [2.75, 3.05) is 0 Å². The van der Waals surface area contributed by atoms with E-state index in [0.29, 0.717) is 6.42 Å². The van der Waals surface area contributed by atoms with Crippen LogP contribution in [0.2, 0.25) is 0 Å². The lowest BCUT2D eigenvalue weighted by Gasteiger charge is -2.08. The van der Waals surface area contributed by atoms with Crippen LogP contribution < -0.4 is 0 Å². The third kappa shape index (κ3) is 2.51. The van der Waals surface area contributed by atoms with Gasteiger partial charge in [0.1, 0.15) is 23.1 Å². The first-order valence-corrected chi connectivity index (χ1v) is 7.37. The van der Waals surface area contributed by atoms with Crippen molar-refractivity contribution in [1.82, 2.24) is 19.5 Å². The van der Waals surface area contributed by atoms with Crippen LogP contribution in [0.4, 0.5) is 0 Å². The average molecular weight is 282 g/mol. The number of aldehydes is 1. The molecule has 5 nitrogen and oxygen atoms in total. The van der Waals surface area contributed by atoms with Gasteiger partial charge in [0.05, 0.1) is 17.2 Å². The summed E-state index contributed by atoms with van der Waals surface area (Å²) in [6, 6.07) is 3.85. The summed E-state index contributed by atoms with van der Waals surface area (Å²) >= 11 is 0. The molecule has 0 bridgehead atoms. The van der Waals surface area contributed by atoms with E-state index in [-0.39, 0.29) is 0 Å². The number of pyridine rings is 2. The lowest BCUT2D eigenvalue weighted by Crippen LogP contribution is -2.05. The molecule has 3 aromatic heterocycles. The topological polar surface area (TPSA) is 60.7 Å². The van der Waals surface area contributed by atoms with Crippen molar-refractivity contribution in [2.24, 2.45) is 0 Å². The van der Waals surface area contributed by atoms with Gasteiger partial charge in [-0.2, -0.15) is 0 Å². The number of imidazole rings is 1. The van der Waals surface area contributed by atoms with Crippen molar-refractivity contribution in [3.63, 3.8) is 0 Å². The van der Waals surface area contributed by atoms with Gasteiger partial charge in [0.15, 0.2) is 0 Å². The highest BCUT2D eigenvalue weighted by atomic mass is 16.1. The average Bonchev–Trinajstić information content (AvgIpc) is 2.86. The number of hydrogen-bond donors (Lipinski definition) is 0. The molecule has 0 aliphatic rings. The fourth-order valence-corrected chi connectivity index (χ4v) is 2.66. The van der Waals surface area contributed by atoms with Crippen LogP contribution in [0.3, 0.4) is 0 Å². The summed E-state index contributed by atoms with van der Waals surface area (Å²) in [6.45, 7) is 2.93. The number of hydrogen-bond acceptors (Lipinski definition) is 4. The summed E-state index contributed by atoms with van der Waals surface area (Å²) in [5.74, 6) is 1.05. The Morgan fingerprint density at radius 3 is 3.00 bits per heavy atom. The standard InChI is InChI=1S/C16H18N4O/c1-2-6-14-19-13-11-18-12-7-5-8-17-15(12)16(13)20(14)9-3-4-10-21/h5,7-8,10-11H,2-4,6,9H2,1H3.